The zero-order chi connectivity index (χ0) is 22.0. The maximum absolute atomic E-state index is 11.7. The summed E-state index contributed by atoms with van der Waals surface area (Å²) in [6, 6.07) is 9.42. The first-order valence-corrected chi connectivity index (χ1v) is 10.5. The van der Waals surface area contributed by atoms with Gasteiger partial charge in [-0.05, 0) is 24.6 Å². The highest BCUT2D eigenvalue weighted by Gasteiger charge is 2.18. The number of benzene rings is 1. The van der Waals surface area contributed by atoms with Crippen LogP contribution in [0.1, 0.15) is 49.6 Å². The second kappa shape index (κ2) is 8.65. The standard InChI is InChI=1S/C22H22N6O2S/c1-14(30)16-6-4-5-15(9-16)12-27(2)24-11-18-19(13-29)28(3)22-21(18)31-20(25-22)10-17-7-8-23-26-17/h4-9,11,13H,10,12H2,1-3H3,(H,23,26)/b24-11-. The summed E-state index contributed by atoms with van der Waals surface area (Å²) in [5, 5.41) is 14.2. The fourth-order valence-corrected chi connectivity index (χ4v) is 4.54. The average molecular weight is 435 g/mol. The summed E-state index contributed by atoms with van der Waals surface area (Å²) in [7, 11) is 3.69. The number of H-pyrrole nitrogens is 1. The fraction of sp³-hybridized carbons (Fsp3) is 0.227. The Morgan fingerprint density at radius 1 is 1.35 bits per heavy atom. The van der Waals surface area contributed by atoms with Gasteiger partial charge in [0.25, 0.3) is 0 Å². The largest absolute Gasteiger partial charge is 0.325 e. The second-order valence-electron chi connectivity index (χ2n) is 7.31. The number of hydrogen-bond donors (Lipinski definition) is 1. The lowest BCUT2D eigenvalue weighted by molar-refractivity contribution is 0.101. The number of nitrogens with one attached hydrogen (secondary N) is 1. The van der Waals surface area contributed by atoms with Crippen molar-refractivity contribution in [2.24, 2.45) is 12.1 Å². The number of ketones is 1. The molecule has 0 amide bonds. The predicted octanol–water partition coefficient (Wildman–Crippen LogP) is 3.43. The Morgan fingerprint density at radius 3 is 2.90 bits per heavy atom. The first-order valence-electron chi connectivity index (χ1n) is 9.72. The molecule has 0 spiro atoms. The Hall–Kier alpha value is -3.59. The quantitative estimate of drug-likeness (QED) is 0.198. The molecule has 8 nitrogen and oxygen atoms in total. The van der Waals surface area contributed by atoms with Crippen LogP contribution in [0.25, 0.3) is 10.3 Å². The maximum Gasteiger partial charge on any atom is 0.167 e. The highest BCUT2D eigenvalue weighted by atomic mass is 32.1. The number of aryl methyl sites for hydroxylation is 1. The van der Waals surface area contributed by atoms with Crippen molar-refractivity contribution in [3.05, 3.63) is 69.6 Å². The number of hydrogen-bond acceptors (Lipinski definition) is 7. The summed E-state index contributed by atoms with van der Waals surface area (Å²) in [5.41, 5.74) is 4.71. The van der Waals surface area contributed by atoms with Crippen LogP contribution in [0.3, 0.4) is 0 Å². The molecule has 4 aromatic rings. The minimum atomic E-state index is 0.0337. The van der Waals surface area contributed by atoms with Gasteiger partial charge in [-0.3, -0.25) is 19.7 Å². The van der Waals surface area contributed by atoms with Gasteiger partial charge in [0.05, 0.1) is 23.2 Å². The van der Waals surface area contributed by atoms with Crippen molar-refractivity contribution in [2.75, 3.05) is 7.05 Å². The Labute approximate surface area is 183 Å². The SMILES string of the molecule is CC(=O)c1cccc(CN(C)/N=C\c2c(C=O)n(C)c3nc(Cc4ccn[nH]4)sc23)c1. The fourth-order valence-electron chi connectivity index (χ4n) is 3.41. The molecule has 0 saturated carbocycles. The van der Waals surface area contributed by atoms with Crippen LogP contribution in [0.2, 0.25) is 0 Å². The highest BCUT2D eigenvalue weighted by Crippen LogP contribution is 2.30. The summed E-state index contributed by atoms with van der Waals surface area (Å²) >= 11 is 1.55. The van der Waals surface area contributed by atoms with Gasteiger partial charge >= 0.3 is 0 Å². The number of rotatable bonds is 8. The van der Waals surface area contributed by atoms with Gasteiger partial charge in [0, 0.05) is 43.5 Å². The van der Waals surface area contributed by atoms with E-state index in [9.17, 15) is 9.59 Å². The van der Waals surface area contributed by atoms with Crippen molar-refractivity contribution in [1.29, 1.82) is 0 Å². The average Bonchev–Trinajstić information content (AvgIpc) is 3.45. The molecule has 0 atom stereocenters. The summed E-state index contributed by atoms with van der Waals surface area (Å²) < 4.78 is 2.72. The van der Waals surface area contributed by atoms with Crippen LogP contribution >= 0.6 is 11.3 Å². The molecule has 0 fully saturated rings. The molecule has 1 N–H and O–H groups in total. The minimum Gasteiger partial charge on any atom is -0.325 e. The van der Waals surface area contributed by atoms with Crippen LogP contribution in [0, 0.1) is 0 Å². The molecule has 0 aliphatic rings. The predicted molar refractivity (Wildman–Crippen MR) is 121 cm³/mol. The third-order valence-electron chi connectivity index (χ3n) is 4.99. The number of thiazole rings is 1. The van der Waals surface area contributed by atoms with E-state index in [2.05, 4.69) is 15.3 Å². The molecule has 3 aromatic heterocycles. The number of hydrazone groups is 1. The molecule has 158 valence electrons. The third-order valence-corrected chi connectivity index (χ3v) is 6.07. The zero-order valence-corrected chi connectivity index (χ0v) is 18.3. The molecule has 1 aromatic carbocycles. The van der Waals surface area contributed by atoms with E-state index in [1.54, 1.807) is 46.3 Å². The van der Waals surface area contributed by atoms with Gasteiger partial charge in [-0.25, -0.2) is 4.98 Å². The lowest BCUT2D eigenvalue weighted by Gasteiger charge is -2.13. The third kappa shape index (κ3) is 4.31. The minimum absolute atomic E-state index is 0.0337. The molecule has 3 heterocycles. The number of carbonyl (C=O) groups is 2. The lowest BCUT2D eigenvalue weighted by Crippen LogP contribution is -2.11. The number of nitrogens with zero attached hydrogens (tertiary/aromatic N) is 5. The molecule has 0 bridgehead atoms. The van der Waals surface area contributed by atoms with Crippen molar-refractivity contribution >= 4 is 40.0 Å². The lowest BCUT2D eigenvalue weighted by atomic mass is 10.1. The number of Topliss-reactive ketones (excluding diaryl/α,β-unsaturated/α-hetero) is 1. The van der Waals surface area contributed by atoms with Gasteiger partial charge < -0.3 is 4.57 Å². The first kappa shape index (κ1) is 20.7. The Bertz CT molecular complexity index is 1270. The number of carbonyl (C=O) groups excluding carboxylic acids is 2. The van der Waals surface area contributed by atoms with Gasteiger partial charge in [0.1, 0.15) is 5.01 Å². The molecule has 0 unspecified atom stereocenters. The molecule has 31 heavy (non-hydrogen) atoms. The molecule has 0 aliphatic heterocycles. The molecular formula is C22H22N6O2S. The van der Waals surface area contributed by atoms with E-state index in [0.29, 0.717) is 24.2 Å². The summed E-state index contributed by atoms with van der Waals surface area (Å²) in [4.78, 5) is 28.0. The number of aromatic nitrogens is 4. The second-order valence-corrected chi connectivity index (χ2v) is 8.40. The van der Waals surface area contributed by atoms with Crippen LogP contribution in [-0.2, 0) is 20.0 Å². The molecule has 0 aliphatic carbocycles. The van der Waals surface area contributed by atoms with Gasteiger partial charge in [0.15, 0.2) is 17.7 Å². The summed E-state index contributed by atoms with van der Waals surface area (Å²) in [5.74, 6) is 0.0337. The van der Waals surface area contributed by atoms with E-state index in [-0.39, 0.29) is 5.78 Å². The van der Waals surface area contributed by atoms with Gasteiger partial charge in [-0.15, -0.1) is 11.3 Å². The van der Waals surface area contributed by atoms with E-state index in [1.807, 2.05) is 38.4 Å². The zero-order valence-electron chi connectivity index (χ0n) is 17.5. The number of aromatic amines is 1. The van der Waals surface area contributed by atoms with Gasteiger partial charge in [0.2, 0.25) is 0 Å². The van der Waals surface area contributed by atoms with Crippen LogP contribution in [0.15, 0.2) is 41.6 Å². The Balaban J connectivity index is 1.59. The van der Waals surface area contributed by atoms with Crippen molar-refractivity contribution < 1.29 is 9.59 Å². The van der Waals surface area contributed by atoms with Gasteiger partial charge in [-0.1, -0.05) is 18.2 Å². The van der Waals surface area contributed by atoms with E-state index in [1.165, 1.54) is 0 Å². The molecular weight excluding hydrogens is 412 g/mol. The molecule has 4 rings (SSSR count). The first-order chi connectivity index (χ1) is 15.0. The monoisotopic (exact) mass is 434 g/mol. The van der Waals surface area contributed by atoms with E-state index < -0.39 is 0 Å². The van der Waals surface area contributed by atoms with Crippen LogP contribution < -0.4 is 0 Å². The van der Waals surface area contributed by atoms with Crippen LogP contribution in [0.4, 0.5) is 0 Å². The highest BCUT2D eigenvalue weighted by molar-refractivity contribution is 7.19. The molecule has 9 heteroatoms. The Morgan fingerprint density at radius 2 is 2.19 bits per heavy atom. The van der Waals surface area contributed by atoms with Crippen molar-refractivity contribution in [1.82, 2.24) is 24.8 Å². The van der Waals surface area contributed by atoms with Gasteiger partial charge in [-0.2, -0.15) is 10.2 Å². The van der Waals surface area contributed by atoms with Crippen molar-refractivity contribution in [2.45, 2.75) is 19.9 Å². The van der Waals surface area contributed by atoms with E-state index >= 15 is 0 Å². The maximum atomic E-state index is 11.7. The number of fused-ring (bicyclic) bond motifs is 1. The normalized spacial score (nSPS) is 11.5. The van der Waals surface area contributed by atoms with Crippen LogP contribution in [0.5, 0.6) is 0 Å². The topological polar surface area (TPSA) is 96.2 Å². The smallest absolute Gasteiger partial charge is 0.167 e. The Kier molecular flexibility index (Phi) is 5.77. The molecule has 0 radical (unpaired) electrons. The number of aldehydes is 1. The van der Waals surface area contributed by atoms with Crippen LogP contribution in [-0.4, -0.2) is 50.1 Å². The summed E-state index contributed by atoms with van der Waals surface area (Å²) in [6.45, 7) is 2.09. The van der Waals surface area contributed by atoms with Crippen molar-refractivity contribution in [3.63, 3.8) is 0 Å². The summed E-state index contributed by atoms with van der Waals surface area (Å²) in [6.07, 6.45) is 4.91. The van der Waals surface area contributed by atoms with Crippen molar-refractivity contribution in [3.8, 4) is 0 Å². The molecule has 0 saturated heterocycles. The van der Waals surface area contributed by atoms with E-state index in [0.717, 1.165) is 38.5 Å². The van der Waals surface area contributed by atoms with E-state index in [4.69, 9.17) is 4.98 Å².